The fraction of sp³-hybridized carbons (Fsp3) is 0.222. The Morgan fingerprint density at radius 2 is 2.07 bits per heavy atom. The zero-order chi connectivity index (χ0) is 10.7. The zero-order valence-corrected chi connectivity index (χ0v) is 9.90. The third-order valence-electron chi connectivity index (χ3n) is 1.75. The second-order valence-electron chi connectivity index (χ2n) is 2.79. The molecule has 0 aromatic heterocycles. The van der Waals surface area contributed by atoms with Gasteiger partial charge < -0.3 is 10.8 Å². The Balaban J connectivity index is 0.00000196. The summed E-state index contributed by atoms with van der Waals surface area (Å²) >= 11 is 11.5. The molecule has 0 saturated heterocycles. The highest BCUT2D eigenvalue weighted by Crippen LogP contribution is 2.34. The maximum absolute atomic E-state index is 9.51. The minimum absolute atomic E-state index is 0. The van der Waals surface area contributed by atoms with E-state index in [1.807, 2.05) is 6.07 Å². The molecule has 0 spiro atoms. The highest BCUT2D eigenvalue weighted by atomic mass is 35.5. The smallest absolute Gasteiger partial charge is 0.123 e. The summed E-state index contributed by atoms with van der Waals surface area (Å²) in [5.74, 6) is -0.0785. The minimum atomic E-state index is -0.593. The first-order chi connectivity index (χ1) is 6.56. The SMILES string of the molecule is Cl.N#CC[C@H](N)c1c(O)cc(Cl)cc1Cl. The van der Waals surface area contributed by atoms with Crippen LogP contribution in [-0.2, 0) is 0 Å². The van der Waals surface area contributed by atoms with Gasteiger partial charge in [0.2, 0.25) is 0 Å². The summed E-state index contributed by atoms with van der Waals surface area (Å²) in [6.07, 6.45) is 0.0922. The van der Waals surface area contributed by atoms with E-state index < -0.39 is 6.04 Å². The number of phenolic OH excluding ortho intramolecular Hbond substituents is 1. The van der Waals surface area contributed by atoms with Crippen LogP contribution >= 0.6 is 35.6 Å². The molecule has 1 aromatic rings. The first-order valence-corrected chi connectivity index (χ1v) is 4.62. The lowest BCUT2D eigenvalue weighted by molar-refractivity contribution is 0.462. The Hall–Kier alpha value is -0.660. The van der Waals surface area contributed by atoms with Gasteiger partial charge in [0.15, 0.2) is 0 Å². The monoisotopic (exact) mass is 266 g/mol. The van der Waals surface area contributed by atoms with Crippen LogP contribution in [0.25, 0.3) is 0 Å². The first-order valence-electron chi connectivity index (χ1n) is 3.86. The quantitative estimate of drug-likeness (QED) is 0.865. The van der Waals surface area contributed by atoms with E-state index in [-0.39, 0.29) is 29.6 Å². The average Bonchev–Trinajstić information content (AvgIpc) is 2.01. The average molecular weight is 268 g/mol. The molecule has 1 rings (SSSR count). The molecule has 0 aliphatic rings. The van der Waals surface area contributed by atoms with Crippen molar-refractivity contribution in [2.45, 2.75) is 12.5 Å². The van der Waals surface area contributed by atoms with E-state index in [4.69, 9.17) is 34.2 Å². The van der Waals surface area contributed by atoms with Gasteiger partial charge >= 0.3 is 0 Å². The van der Waals surface area contributed by atoms with E-state index in [0.29, 0.717) is 10.6 Å². The summed E-state index contributed by atoms with van der Waals surface area (Å²) in [7, 11) is 0. The normalized spacial score (nSPS) is 11.3. The Kier molecular flexibility index (Phi) is 5.77. The molecule has 3 N–H and O–H groups in total. The van der Waals surface area contributed by atoms with Crippen molar-refractivity contribution in [3.05, 3.63) is 27.7 Å². The second kappa shape index (κ2) is 6.04. The van der Waals surface area contributed by atoms with Gasteiger partial charge in [-0.05, 0) is 12.1 Å². The molecule has 15 heavy (non-hydrogen) atoms. The van der Waals surface area contributed by atoms with E-state index in [0.717, 1.165) is 0 Å². The van der Waals surface area contributed by atoms with E-state index in [2.05, 4.69) is 0 Å². The molecule has 0 bridgehead atoms. The number of nitrogens with zero attached hydrogens (tertiary/aromatic N) is 1. The summed E-state index contributed by atoms with van der Waals surface area (Å²) in [6.45, 7) is 0. The van der Waals surface area contributed by atoms with Crippen LogP contribution < -0.4 is 5.73 Å². The van der Waals surface area contributed by atoms with Crippen LogP contribution in [0.5, 0.6) is 5.75 Å². The maximum atomic E-state index is 9.51. The van der Waals surface area contributed by atoms with Crippen molar-refractivity contribution in [1.29, 1.82) is 5.26 Å². The molecular formula is C9H9Cl3N2O. The van der Waals surface area contributed by atoms with Crippen LogP contribution in [0, 0.1) is 11.3 Å². The molecule has 0 aliphatic heterocycles. The van der Waals surface area contributed by atoms with Crippen molar-refractivity contribution < 1.29 is 5.11 Å². The molecule has 0 unspecified atom stereocenters. The van der Waals surface area contributed by atoms with Gasteiger partial charge in [0.1, 0.15) is 5.75 Å². The van der Waals surface area contributed by atoms with Crippen molar-refractivity contribution in [1.82, 2.24) is 0 Å². The van der Waals surface area contributed by atoms with Gasteiger partial charge in [0.05, 0.1) is 17.5 Å². The van der Waals surface area contributed by atoms with Gasteiger partial charge in [0.25, 0.3) is 0 Å². The third-order valence-corrected chi connectivity index (χ3v) is 2.29. The molecule has 3 nitrogen and oxygen atoms in total. The van der Waals surface area contributed by atoms with Crippen LogP contribution in [0.4, 0.5) is 0 Å². The number of hydrogen-bond donors (Lipinski definition) is 2. The number of aromatic hydroxyl groups is 1. The number of benzene rings is 1. The molecule has 0 saturated carbocycles. The molecule has 1 atom stereocenters. The van der Waals surface area contributed by atoms with Crippen molar-refractivity contribution in [3.8, 4) is 11.8 Å². The summed E-state index contributed by atoms with van der Waals surface area (Å²) in [5.41, 5.74) is 6.01. The van der Waals surface area contributed by atoms with E-state index in [1.165, 1.54) is 12.1 Å². The number of halogens is 3. The number of phenols is 1. The summed E-state index contributed by atoms with van der Waals surface area (Å²) in [6, 6.07) is 4.14. The molecule has 0 amide bonds. The van der Waals surface area contributed by atoms with Crippen LogP contribution in [0.2, 0.25) is 10.0 Å². The number of nitriles is 1. The van der Waals surface area contributed by atoms with Crippen LogP contribution in [-0.4, -0.2) is 5.11 Å². The van der Waals surface area contributed by atoms with Crippen LogP contribution in [0.15, 0.2) is 12.1 Å². The van der Waals surface area contributed by atoms with Crippen molar-refractivity contribution in [3.63, 3.8) is 0 Å². The molecule has 0 radical (unpaired) electrons. The Morgan fingerprint density at radius 3 is 2.53 bits per heavy atom. The highest BCUT2D eigenvalue weighted by molar-refractivity contribution is 6.35. The molecule has 0 heterocycles. The lowest BCUT2D eigenvalue weighted by Gasteiger charge is -2.12. The van der Waals surface area contributed by atoms with Crippen molar-refractivity contribution in [2.24, 2.45) is 5.73 Å². The maximum Gasteiger partial charge on any atom is 0.123 e. The van der Waals surface area contributed by atoms with Crippen LogP contribution in [0.1, 0.15) is 18.0 Å². The Labute approximate surface area is 104 Å². The second-order valence-corrected chi connectivity index (χ2v) is 3.63. The van der Waals surface area contributed by atoms with Crippen LogP contribution in [0.3, 0.4) is 0 Å². The standard InChI is InChI=1S/C9H8Cl2N2O.ClH/c10-5-3-6(11)9(8(14)4-5)7(13)1-2-12;/h3-4,7,14H,1,13H2;1H/t7-;/m0./s1. The fourth-order valence-corrected chi connectivity index (χ4v) is 1.76. The van der Waals surface area contributed by atoms with Gasteiger partial charge in [-0.2, -0.15) is 5.26 Å². The van der Waals surface area contributed by atoms with Crippen molar-refractivity contribution >= 4 is 35.6 Å². The van der Waals surface area contributed by atoms with Gasteiger partial charge in [-0.25, -0.2) is 0 Å². The fourth-order valence-electron chi connectivity index (χ4n) is 1.14. The number of rotatable bonds is 2. The van der Waals surface area contributed by atoms with Gasteiger partial charge in [0, 0.05) is 16.6 Å². The molecule has 0 aliphatic carbocycles. The van der Waals surface area contributed by atoms with Gasteiger partial charge in [-0.15, -0.1) is 12.4 Å². The predicted octanol–water partition coefficient (Wildman–Crippen LogP) is 3.03. The number of nitrogens with two attached hydrogens (primary N) is 1. The molecule has 6 heteroatoms. The predicted molar refractivity (Wildman–Crippen MR) is 62.5 cm³/mol. The lowest BCUT2D eigenvalue weighted by atomic mass is 10.0. The highest BCUT2D eigenvalue weighted by Gasteiger charge is 2.15. The van der Waals surface area contributed by atoms with Crippen molar-refractivity contribution in [2.75, 3.05) is 0 Å². The van der Waals surface area contributed by atoms with E-state index in [9.17, 15) is 5.11 Å². The largest absolute Gasteiger partial charge is 0.508 e. The molecule has 82 valence electrons. The summed E-state index contributed by atoms with van der Waals surface area (Å²) in [5, 5.41) is 18.6. The molecule has 1 aromatic carbocycles. The first kappa shape index (κ1) is 14.3. The molecule has 0 fully saturated rings. The van der Waals surface area contributed by atoms with E-state index >= 15 is 0 Å². The van der Waals surface area contributed by atoms with Gasteiger partial charge in [-0.1, -0.05) is 23.2 Å². The lowest BCUT2D eigenvalue weighted by Crippen LogP contribution is -2.10. The Morgan fingerprint density at radius 1 is 1.47 bits per heavy atom. The Bertz CT molecular complexity index is 366. The zero-order valence-electron chi connectivity index (χ0n) is 7.58. The topological polar surface area (TPSA) is 70.0 Å². The third kappa shape index (κ3) is 3.44. The van der Waals surface area contributed by atoms with E-state index in [1.54, 1.807) is 0 Å². The molecular weight excluding hydrogens is 258 g/mol. The van der Waals surface area contributed by atoms with Gasteiger partial charge in [-0.3, -0.25) is 0 Å². The summed E-state index contributed by atoms with van der Waals surface area (Å²) < 4.78 is 0. The minimum Gasteiger partial charge on any atom is -0.508 e. The summed E-state index contributed by atoms with van der Waals surface area (Å²) in [4.78, 5) is 0. The number of hydrogen-bond acceptors (Lipinski definition) is 3.